The van der Waals surface area contributed by atoms with Crippen LogP contribution in [0.4, 0.5) is 14.6 Å². The summed E-state index contributed by atoms with van der Waals surface area (Å²) in [6.07, 6.45) is 1.56. The van der Waals surface area contributed by atoms with Gasteiger partial charge in [-0.15, -0.1) is 0 Å². The van der Waals surface area contributed by atoms with Crippen LogP contribution in [0.25, 0.3) is 27.9 Å². The number of aromatic nitrogens is 3. The van der Waals surface area contributed by atoms with Crippen LogP contribution >= 0.6 is 0 Å². The Hall–Kier alpha value is -3.02. The highest BCUT2D eigenvalue weighted by atomic mass is 19.1. The van der Waals surface area contributed by atoms with Crippen LogP contribution in [0.2, 0.25) is 0 Å². The van der Waals surface area contributed by atoms with Gasteiger partial charge in [-0.05, 0) is 36.2 Å². The number of benzene rings is 2. The second kappa shape index (κ2) is 6.37. The zero-order valence-electron chi connectivity index (χ0n) is 14.5. The van der Waals surface area contributed by atoms with Crippen LogP contribution in [0.3, 0.4) is 0 Å². The topological polar surface area (TPSA) is 42.2 Å². The molecule has 6 heteroatoms. The molecule has 132 valence electrons. The van der Waals surface area contributed by atoms with E-state index in [1.165, 1.54) is 6.07 Å². The predicted molar refractivity (Wildman–Crippen MR) is 99.2 cm³/mol. The van der Waals surface area contributed by atoms with Gasteiger partial charge >= 0.3 is 0 Å². The van der Waals surface area contributed by atoms with Crippen LogP contribution in [-0.4, -0.2) is 20.9 Å². The Morgan fingerprint density at radius 2 is 1.92 bits per heavy atom. The van der Waals surface area contributed by atoms with Gasteiger partial charge < -0.3 is 5.32 Å². The zero-order chi connectivity index (χ0) is 18.3. The maximum atomic E-state index is 14.4. The van der Waals surface area contributed by atoms with Crippen molar-refractivity contribution in [1.29, 1.82) is 0 Å². The molecule has 0 unspecified atom stereocenters. The standard InChI is InChI=1S/C20H18F2N4/c1-12(2)10-23-19-20-24-11-18(14-9-13(21)7-8-15(14)22)26(20)17-6-4-3-5-16(17)25-19/h3-9,11-12H,10H2,1-2H3,(H,23,25). The number of para-hydroxylation sites is 2. The van der Waals surface area contributed by atoms with Crippen molar-refractivity contribution >= 4 is 22.5 Å². The summed E-state index contributed by atoms with van der Waals surface area (Å²) in [4.78, 5) is 9.10. The largest absolute Gasteiger partial charge is 0.367 e. The summed E-state index contributed by atoms with van der Waals surface area (Å²) in [5, 5.41) is 3.31. The molecule has 4 nitrogen and oxygen atoms in total. The van der Waals surface area contributed by atoms with Crippen molar-refractivity contribution in [2.24, 2.45) is 5.92 Å². The fraction of sp³-hybridized carbons (Fsp3) is 0.200. The van der Waals surface area contributed by atoms with Crippen LogP contribution in [0.1, 0.15) is 13.8 Å². The van der Waals surface area contributed by atoms with Crippen molar-refractivity contribution in [2.75, 3.05) is 11.9 Å². The molecule has 2 aromatic heterocycles. The molecule has 0 radical (unpaired) electrons. The highest BCUT2D eigenvalue weighted by molar-refractivity contribution is 5.86. The van der Waals surface area contributed by atoms with E-state index in [0.29, 0.717) is 23.1 Å². The monoisotopic (exact) mass is 352 g/mol. The average Bonchev–Trinajstić information content (AvgIpc) is 3.07. The van der Waals surface area contributed by atoms with Gasteiger partial charge in [-0.1, -0.05) is 26.0 Å². The lowest BCUT2D eigenvalue weighted by molar-refractivity contribution is 0.602. The summed E-state index contributed by atoms with van der Waals surface area (Å²) in [7, 11) is 0. The second-order valence-electron chi connectivity index (χ2n) is 6.65. The number of rotatable bonds is 4. The van der Waals surface area contributed by atoms with E-state index in [4.69, 9.17) is 0 Å². The minimum absolute atomic E-state index is 0.170. The van der Waals surface area contributed by atoms with Crippen molar-refractivity contribution in [3.63, 3.8) is 0 Å². The van der Waals surface area contributed by atoms with Crippen LogP contribution < -0.4 is 5.32 Å². The molecule has 2 aromatic carbocycles. The first-order chi connectivity index (χ1) is 12.5. The number of hydrogen-bond donors (Lipinski definition) is 1. The summed E-state index contributed by atoms with van der Waals surface area (Å²) in [6.45, 7) is 4.94. The van der Waals surface area contributed by atoms with Gasteiger partial charge in [0, 0.05) is 12.1 Å². The molecule has 0 amide bonds. The van der Waals surface area contributed by atoms with Crippen molar-refractivity contribution in [1.82, 2.24) is 14.4 Å². The minimum atomic E-state index is -0.495. The Kier molecular flexibility index (Phi) is 4.03. The Morgan fingerprint density at radius 3 is 2.73 bits per heavy atom. The molecule has 2 heterocycles. The van der Waals surface area contributed by atoms with Gasteiger partial charge in [-0.2, -0.15) is 0 Å². The molecule has 0 saturated heterocycles. The molecule has 26 heavy (non-hydrogen) atoms. The van der Waals surface area contributed by atoms with Crippen LogP contribution in [0.15, 0.2) is 48.7 Å². The maximum absolute atomic E-state index is 14.4. The molecule has 4 aromatic rings. The lowest BCUT2D eigenvalue weighted by Gasteiger charge is -2.13. The summed E-state index contributed by atoms with van der Waals surface area (Å²) in [5.74, 6) is 0.0672. The van der Waals surface area contributed by atoms with E-state index >= 15 is 0 Å². The van der Waals surface area contributed by atoms with E-state index in [1.54, 1.807) is 6.20 Å². The van der Waals surface area contributed by atoms with Gasteiger partial charge in [-0.25, -0.2) is 18.7 Å². The van der Waals surface area contributed by atoms with E-state index in [9.17, 15) is 8.78 Å². The fourth-order valence-electron chi connectivity index (χ4n) is 2.98. The number of fused-ring (bicyclic) bond motifs is 3. The van der Waals surface area contributed by atoms with Gasteiger partial charge in [0.2, 0.25) is 0 Å². The third kappa shape index (κ3) is 2.77. The second-order valence-corrected chi connectivity index (χ2v) is 6.65. The Balaban J connectivity index is 2.02. The number of nitrogens with one attached hydrogen (secondary N) is 1. The summed E-state index contributed by atoms with van der Waals surface area (Å²) in [6, 6.07) is 11.0. The molecule has 1 N–H and O–H groups in total. The third-order valence-corrected chi connectivity index (χ3v) is 4.21. The van der Waals surface area contributed by atoms with Gasteiger partial charge in [0.15, 0.2) is 11.5 Å². The minimum Gasteiger partial charge on any atom is -0.367 e. The average molecular weight is 352 g/mol. The van der Waals surface area contributed by atoms with Gasteiger partial charge in [-0.3, -0.25) is 4.40 Å². The van der Waals surface area contributed by atoms with E-state index in [1.807, 2.05) is 28.7 Å². The maximum Gasteiger partial charge on any atom is 0.181 e. The van der Waals surface area contributed by atoms with Crippen LogP contribution in [-0.2, 0) is 0 Å². The van der Waals surface area contributed by atoms with E-state index < -0.39 is 11.6 Å². The third-order valence-electron chi connectivity index (χ3n) is 4.21. The van der Waals surface area contributed by atoms with Crippen LogP contribution in [0, 0.1) is 17.6 Å². The van der Waals surface area contributed by atoms with Crippen molar-refractivity contribution in [3.05, 3.63) is 60.3 Å². The number of anilines is 1. The molecule has 0 aliphatic heterocycles. The Morgan fingerprint density at radius 1 is 1.12 bits per heavy atom. The normalized spacial score (nSPS) is 11.6. The Labute approximate surface area is 149 Å². The first-order valence-electron chi connectivity index (χ1n) is 8.50. The van der Waals surface area contributed by atoms with Gasteiger partial charge in [0.05, 0.1) is 22.9 Å². The van der Waals surface area contributed by atoms with E-state index in [2.05, 4.69) is 29.1 Å². The number of imidazole rings is 1. The summed E-state index contributed by atoms with van der Waals surface area (Å²) >= 11 is 0. The summed E-state index contributed by atoms with van der Waals surface area (Å²) in [5.41, 5.74) is 2.78. The number of nitrogens with zero attached hydrogens (tertiary/aromatic N) is 3. The number of halogens is 2. The van der Waals surface area contributed by atoms with Crippen LogP contribution in [0.5, 0.6) is 0 Å². The molecule has 0 aliphatic carbocycles. The zero-order valence-corrected chi connectivity index (χ0v) is 14.5. The van der Waals surface area contributed by atoms with E-state index in [-0.39, 0.29) is 5.56 Å². The predicted octanol–water partition coefficient (Wildman–Crippen LogP) is 4.90. The highest BCUT2D eigenvalue weighted by Gasteiger charge is 2.17. The SMILES string of the molecule is CC(C)CNc1nc2ccccc2n2c(-c3cc(F)ccc3F)cnc12. The molecule has 0 aliphatic rings. The molecule has 0 atom stereocenters. The van der Waals surface area contributed by atoms with Gasteiger partial charge in [0.25, 0.3) is 0 Å². The number of hydrogen-bond acceptors (Lipinski definition) is 3. The van der Waals surface area contributed by atoms with Crippen molar-refractivity contribution < 1.29 is 8.78 Å². The summed E-state index contributed by atoms with van der Waals surface area (Å²) < 4.78 is 29.9. The molecule has 0 saturated carbocycles. The molecular weight excluding hydrogens is 334 g/mol. The smallest absolute Gasteiger partial charge is 0.181 e. The highest BCUT2D eigenvalue weighted by Crippen LogP contribution is 2.30. The fourth-order valence-corrected chi connectivity index (χ4v) is 2.98. The van der Waals surface area contributed by atoms with Crippen molar-refractivity contribution in [3.8, 4) is 11.3 Å². The first-order valence-corrected chi connectivity index (χ1v) is 8.50. The lowest BCUT2D eigenvalue weighted by atomic mass is 10.1. The van der Waals surface area contributed by atoms with E-state index in [0.717, 1.165) is 29.7 Å². The lowest BCUT2D eigenvalue weighted by Crippen LogP contribution is -2.11. The van der Waals surface area contributed by atoms with Crippen molar-refractivity contribution in [2.45, 2.75) is 13.8 Å². The molecule has 0 bridgehead atoms. The molecular formula is C20H18F2N4. The quantitative estimate of drug-likeness (QED) is 0.568. The molecule has 4 rings (SSSR count). The molecule has 0 spiro atoms. The van der Waals surface area contributed by atoms with Gasteiger partial charge in [0.1, 0.15) is 11.6 Å². The first kappa shape index (κ1) is 16.4. The Bertz CT molecular complexity index is 1100. The molecule has 0 fully saturated rings.